The van der Waals surface area contributed by atoms with Crippen molar-refractivity contribution in [3.63, 3.8) is 0 Å². The van der Waals surface area contributed by atoms with Crippen LogP contribution in [0.4, 0.5) is 0 Å². The van der Waals surface area contributed by atoms with Crippen molar-refractivity contribution < 1.29 is 0 Å². The number of nitrogens with zero attached hydrogens (tertiary/aromatic N) is 4. The third-order valence-corrected chi connectivity index (χ3v) is 7.80. The molecule has 0 aliphatic carbocycles. The Morgan fingerprint density at radius 3 is 1.98 bits per heavy atom. The van der Waals surface area contributed by atoms with Gasteiger partial charge >= 0.3 is 0 Å². The van der Waals surface area contributed by atoms with E-state index < -0.39 is 0 Å². The van der Waals surface area contributed by atoms with E-state index in [1.807, 2.05) is 42.9 Å². The van der Waals surface area contributed by atoms with Crippen molar-refractivity contribution in [2.75, 3.05) is 0 Å². The molecule has 0 aliphatic rings. The van der Waals surface area contributed by atoms with Crippen molar-refractivity contribution in [2.24, 2.45) is 0 Å². The predicted molar refractivity (Wildman–Crippen MR) is 168 cm³/mol. The van der Waals surface area contributed by atoms with Crippen molar-refractivity contribution >= 4 is 32.6 Å². The van der Waals surface area contributed by atoms with E-state index in [0.29, 0.717) is 0 Å². The summed E-state index contributed by atoms with van der Waals surface area (Å²) in [7, 11) is 0. The maximum atomic E-state index is 4.73. The Morgan fingerprint density at radius 2 is 1.20 bits per heavy atom. The lowest BCUT2D eigenvalue weighted by Crippen LogP contribution is -1.94. The zero-order valence-corrected chi connectivity index (χ0v) is 22.1. The van der Waals surface area contributed by atoms with Crippen LogP contribution in [0.15, 0.2) is 146 Å². The fourth-order valence-electron chi connectivity index (χ4n) is 5.82. The first-order chi connectivity index (χ1) is 20.3. The van der Waals surface area contributed by atoms with Gasteiger partial charge in [0.1, 0.15) is 0 Å². The minimum absolute atomic E-state index is 0.867. The minimum atomic E-state index is 0.867. The summed E-state index contributed by atoms with van der Waals surface area (Å²) in [6.45, 7) is 0. The van der Waals surface area contributed by atoms with Crippen LogP contribution in [0.25, 0.3) is 71.9 Å². The van der Waals surface area contributed by atoms with Crippen LogP contribution in [0.5, 0.6) is 0 Å². The Morgan fingerprint density at radius 1 is 0.463 bits per heavy atom. The smallest absolute Gasteiger partial charge is 0.0886 e. The zero-order chi connectivity index (χ0) is 27.2. The zero-order valence-electron chi connectivity index (χ0n) is 22.1. The second kappa shape index (κ2) is 9.54. The van der Waals surface area contributed by atoms with Crippen LogP contribution in [-0.4, -0.2) is 19.5 Å². The van der Waals surface area contributed by atoms with E-state index in [2.05, 4.69) is 112 Å². The Hall–Kier alpha value is -5.61. The number of para-hydroxylation sites is 1. The normalized spacial score (nSPS) is 11.4. The molecule has 0 saturated heterocycles. The van der Waals surface area contributed by atoms with Crippen LogP contribution < -0.4 is 0 Å². The maximum absolute atomic E-state index is 4.73. The van der Waals surface area contributed by atoms with Gasteiger partial charge in [-0.1, -0.05) is 66.7 Å². The Bertz CT molecular complexity index is 2170. The van der Waals surface area contributed by atoms with Crippen molar-refractivity contribution in [1.82, 2.24) is 19.5 Å². The molecule has 0 radical (unpaired) electrons. The summed E-state index contributed by atoms with van der Waals surface area (Å²) in [6, 6.07) is 42.8. The van der Waals surface area contributed by atoms with Crippen molar-refractivity contribution in [1.29, 1.82) is 0 Å². The van der Waals surface area contributed by atoms with E-state index in [1.165, 1.54) is 38.1 Å². The number of aromatic nitrogens is 4. The molecule has 192 valence electrons. The number of benzene rings is 4. The van der Waals surface area contributed by atoms with Gasteiger partial charge in [0, 0.05) is 52.2 Å². The predicted octanol–water partition coefficient (Wildman–Crippen LogP) is 9.12. The van der Waals surface area contributed by atoms with Gasteiger partial charge in [0.15, 0.2) is 0 Å². The van der Waals surface area contributed by atoms with Gasteiger partial charge in [0.25, 0.3) is 0 Å². The van der Waals surface area contributed by atoms with Gasteiger partial charge in [-0.3, -0.25) is 15.0 Å². The number of hydrogen-bond donors (Lipinski definition) is 0. The molecule has 4 aromatic heterocycles. The quantitative estimate of drug-likeness (QED) is 0.231. The van der Waals surface area contributed by atoms with Crippen molar-refractivity contribution in [3.8, 4) is 39.3 Å². The third kappa shape index (κ3) is 3.97. The topological polar surface area (TPSA) is 43.6 Å². The van der Waals surface area contributed by atoms with Gasteiger partial charge in [-0.25, -0.2) is 0 Å². The molecule has 4 aromatic carbocycles. The molecule has 0 fully saturated rings. The lowest BCUT2D eigenvalue weighted by Gasteiger charge is -2.11. The van der Waals surface area contributed by atoms with E-state index in [0.717, 1.165) is 33.8 Å². The van der Waals surface area contributed by atoms with Gasteiger partial charge < -0.3 is 4.57 Å². The fraction of sp³-hybridized carbons (Fsp3) is 0. The highest BCUT2D eigenvalue weighted by Gasteiger charge is 2.16. The maximum Gasteiger partial charge on any atom is 0.0886 e. The highest BCUT2D eigenvalue weighted by Crippen LogP contribution is 2.39. The number of pyridine rings is 3. The van der Waals surface area contributed by atoms with Crippen LogP contribution in [0.1, 0.15) is 0 Å². The summed E-state index contributed by atoms with van der Waals surface area (Å²) in [5.41, 5.74) is 9.81. The first-order valence-corrected chi connectivity index (χ1v) is 13.7. The monoisotopic (exact) mass is 524 g/mol. The SMILES string of the molecule is c1ccc(-n2c3cc(-c4ccc(-c5ccccn5)nc4)ccc3c3ccc4cc(-c5ccncc5)ccc4c32)cc1. The molecule has 0 atom stereocenters. The molecule has 0 N–H and O–H groups in total. The Balaban J connectivity index is 1.34. The van der Waals surface area contributed by atoms with Gasteiger partial charge in [0.05, 0.1) is 22.4 Å². The largest absolute Gasteiger partial charge is 0.309 e. The second-order valence-corrected chi connectivity index (χ2v) is 10.2. The highest BCUT2D eigenvalue weighted by atomic mass is 15.0. The molecule has 4 heterocycles. The van der Waals surface area contributed by atoms with Crippen molar-refractivity contribution in [3.05, 3.63) is 146 Å². The molecule has 4 nitrogen and oxygen atoms in total. The summed E-state index contributed by atoms with van der Waals surface area (Å²) >= 11 is 0. The first-order valence-electron chi connectivity index (χ1n) is 13.7. The molecular weight excluding hydrogens is 500 g/mol. The first kappa shape index (κ1) is 23.3. The van der Waals surface area contributed by atoms with E-state index in [9.17, 15) is 0 Å². The van der Waals surface area contributed by atoms with Gasteiger partial charge in [0.2, 0.25) is 0 Å². The van der Waals surface area contributed by atoms with Crippen LogP contribution in [0.2, 0.25) is 0 Å². The van der Waals surface area contributed by atoms with Crippen LogP contribution in [-0.2, 0) is 0 Å². The molecule has 41 heavy (non-hydrogen) atoms. The molecule has 0 spiro atoms. The molecule has 0 bridgehead atoms. The molecule has 0 aliphatic heterocycles. The molecule has 0 saturated carbocycles. The highest BCUT2D eigenvalue weighted by molar-refractivity contribution is 6.19. The Kier molecular flexibility index (Phi) is 5.42. The van der Waals surface area contributed by atoms with Crippen molar-refractivity contribution in [2.45, 2.75) is 0 Å². The summed E-state index contributed by atoms with van der Waals surface area (Å²) in [5.74, 6) is 0. The molecular formula is C37H24N4. The van der Waals surface area contributed by atoms with Gasteiger partial charge in [-0.15, -0.1) is 0 Å². The molecule has 8 rings (SSSR count). The average Bonchev–Trinajstić information content (AvgIpc) is 3.40. The second-order valence-electron chi connectivity index (χ2n) is 10.2. The number of rotatable bonds is 4. The lowest BCUT2D eigenvalue weighted by molar-refractivity contribution is 1.19. The summed E-state index contributed by atoms with van der Waals surface area (Å²) in [5, 5.41) is 4.90. The number of fused-ring (bicyclic) bond motifs is 5. The Labute approximate surface area is 237 Å². The van der Waals surface area contributed by atoms with E-state index >= 15 is 0 Å². The van der Waals surface area contributed by atoms with Crippen LogP contribution >= 0.6 is 0 Å². The molecule has 0 unspecified atom stereocenters. The van der Waals surface area contributed by atoms with Gasteiger partial charge in [-0.05, 0) is 76.7 Å². The molecule has 4 heteroatoms. The lowest BCUT2D eigenvalue weighted by atomic mass is 9.99. The molecule has 8 aromatic rings. The van der Waals surface area contributed by atoms with Gasteiger partial charge in [-0.2, -0.15) is 0 Å². The van der Waals surface area contributed by atoms with Crippen LogP contribution in [0.3, 0.4) is 0 Å². The fourth-order valence-corrected chi connectivity index (χ4v) is 5.82. The van der Waals surface area contributed by atoms with Crippen LogP contribution in [0, 0.1) is 0 Å². The standard InChI is InChI=1S/C37H24N4/c1-2-6-30(7-3-1)41-36-23-27(29-12-16-35(40-24-29)34-8-4-5-19-39-34)10-14-32(36)33-15-11-28-22-26(9-13-31(28)37(33)41)25-17-20-38-21-18-25/h1-24H. The summed E-state index contributed by atoms with van der Waals surface area (Å²) in [6.07, 6.45) is 7.42. The summed E-state index contributed by atoms with van der Waals surface area (Å²) < 4.78 is 2.40. The minimum Gasteiger partial charge on any atom is -0.309 e. The van der Waals surface area contributed by atoms with E-state index in [4.69, 9.17) is 4.98 Å². The molecule has 0 amide bonds. The summed E-state index contributed by atoms with van der Waals surface area (Å²) in [4.78, 5) is 13.4. The van der Waals surface area contributed by atoms with E-state index in [-0.39, 0.29) is 0 Å². The van der Waals surface area contributed by atoms with E-state index in [1.54, 1.807) is 6.20 Å². The number of hydrogen-bond acceptors (Lipinski definition) is 3. The third-order valence-electron chi connectivity index (χ3n) is 7.80. The average molecular weight is 525 g/mol.